The van der Waals surface area contributed by atoms with Gasteiger partial charge in [-0.3, -0.25) is 5.10 Å². The van der Waals surface area contributed by atoms with Crippen LogP contribution in [-0.4, -0.2) is 46.3 Å². The van der Waals surface area contributed by atoms with Crippen molar-refractivity contribution in [2.24, 2.45) is 0 Å². The van der Waals surface area contributed by atoms with Crippen LogP contribution in [0.25, 0.3) is 22.3 Å². The molecule has 0 amide bonds. The van der Waals surface area contributed by atoms with Gasteiger partial charge >= 0.3 is 0 Å². The van der Waals surface area contributed by atoms with Crippen LogP contribution in [0.2, 0.25) is 5.02 Å². The largest absolute Gasteiger partial charge is 0.368 e. The van der Waals surface area contributed by atoms with Gasteiger partial charge in [0.1, 0.15) is 17.8 Å². The van der Waals surface area contributed by atoms with Gasteiger partial charge in [0.05, 0.1) is 5.39 Å². The fraction of sp³-hybridized carbons (Fsp3) is 0.261. The highest BCUT2D eigenvalue weighted by molar-refractivity contribution is 6.30. The summed E-state index contributed by atoms with van der Waals surface area (Å²) in [7, 11) is 0. The van der Waals surface area contributed by atoms with E-state index < -0.39 is 0 Å². The molecule has 0 spiro atoms. The number of halogens is 2. The number of benzene rings is 2. The van der Waals surface area contributed by atoms with Gasteiger partial charge in [-0.2, -0.15) is 5.10 Å². The second-order valence-corrected chi connectivity index (χ2v) is 8.20. The van der Waals surface area contributed by atoms with Gasteiger partial charge in [-0.15, -0.1) is 12.4 Å². The molecule has 6 nitrogen and oxygen atoms in total. The van der Waals surface area contributed by atoms with Crippen molar-refractivity contribution in [2.75, 3.05) is 36.0 Å². The lowest BCUT2D eigenvalue weighted by Crippen LogP contribution is -2.47. The molecule has 0 unspecified atom stereocenters. The number of aromatic amines is 1. The van der Waals surface area contributed by atoms with E-state index in [2.05, 4.69) is 80.2 Å². The molecule has 0 radical (unpaired) electrons. The molecule has 0 aliphatic carbocycles. The van der Waals surface area contributed by atoms with Crippen molar-refractivity contribution in [3.05, 3.63) is 64.9 Å². The highest BCUT2D eigenvalue weighted by Crippen LogP contribution is 2.33. The molecule has 5 rings (SSSR count). The summed E-state index contributed by atoms with van der Waals surface area (Å²) in [6.07, 6.45) is 1.61. The number of aromatic nitrogens is 4. The maximum atomic E-state index is 6.23. The Bertz CT molecular complexity index is 1200. The van der Waals surface area contributed by atoms with Gasteiger partial charge in [0, 0.05) is 42.5 Å². The van der Waals surface area contributed by atoms with Crippen LogP contribution in [-0.2, 0) is 0 Å². The van der Waals surface area contributed by atoms with Crippen molar-refractivity contribution >= 4 is 46.5 Å². The number of anilines is 2. The standard InChI is InChI=1S/C23H23ClN6.ClH/c1-15-3-6-17(7-4-15)21-20-22(28-27-21)25-14-26-23(20)30-11-9-29(10-12-30)19-13-18(24)8-5-16(19)2;/h3-8,13-14H,9-12H2,1-2H3,(H,25,26,27,28);1H. The van der Waals surface area contributed by atoms with Gasteiger partial charge in [-0.05, 0) is 31.5 Å². The van der Waals surface area contributed by atoms with Gasteiger partial charge in [0.15, 0.2) is 5.65 Å². The predicted octanol–water partition coefficient (Wildman–Crippen LogP) is 5.04. The zero-order chi connectivity index (χ0) is 20.7. The van der Waals surface area contributed by atoms with Crippen molar-refractivity contribution in [3.8, 4) is 11.3 Å². The van der Waals surface area contributed by atoms with Crippen LogP contribution in [0.15, 0.2) is 48.8 Å². The van der Waals surface area contributed by atoms with Crippen LogP contribution in [0.3, 0.4) is 0 Å². The van der Waals surface area contributed by atoms with Crippen LogP contribution in [0.5, 0.6) is 0 Å². The number of nitrogens with one attached hydrogen (secondary N) is 1. The summed E-state index contributed by atoms with van der Waals surface area (Å²) in [5.41, 5.74) is 6.41. The van der Waals surface area contributed by atoms with E-state index in [1.165, 1.54) is 16.8 Å². The quantitative estimate of drug-likeness (QED) is 0.469. The van der Waals surface area contributed by atoms with Crippen molar-refractivity contribution < 1.29 is 0 Å². The minimum atomic E-state index is 0. The minimum absolute atomic E-state index is 0. The third-order valence-electron chi connectivity index (χ3n) is 5.75. The molecule has 1 aliphatic heterocycles. The molecule has 1 saturated heterocycles. The van der Waals surface area contributed by atoms with E-state index >= 15 is 0 Å². The second-order valence-electron chi connectivity index (χ2n) is 7.76. The summed E-state index contributed by atoms with van der Waals surface area (Å²) in [6.45, 7) is 7.77. The van der Waals surface area contributed by atoms with Crippen molar-refractivity contribution in [1.82, 2.24) is 20.2 Å². The zero-order valence-corrected chi connectivity index (χ0v) is 19.0. The van der Waals surface area contributed by atoms with E-state index in [-0.39, 0.29) is 12.4 Å². The lowest BCUT2D eigenvalue weighted by atomic mass is 10.1. The first-order chi connectivity index (χ1) is 14.6. The average Bonchev–Trinajstić information content (AvgIpc) is 3.20. The van der Waals surface area contributed by atoms with Crippen LogP contribution in [0.4, 0.5) is 11.5 Å². The molecule has 1 fully saturated rings. The fourth-order valence-electron chi connectivity index (χ4n) is 4.09. The summed E-state index contributed by atoms with van der Waals surface area (Å²) in [5.74, 6) is 0.937. The third-order valence-corrected chi connectivity index (χ3v) is 5.99. The van der Waals surface area contributed by atoms with Gasteiger partial charge in [-0.1, -0.05) is 47.5 Å². The average molecular weight is 455 g/mol. The number of H-pyrrole nitrogens is 1. The molecule has 1 aliphatic rings. The summed E-state index contributed by atoms with van der Waals surface area (Å²) >= 11 is 6.23. The number of hydrogen-bond acceptors (Lipinski definition) is 5. The fourth-order valence-corrected chi connectivity index (χ4v) is 4.25. The Balaban J connectivity index is 0.00000231. The summed E-state index contributed by atoms with van der Waals surface area (Å²) in [5, 5.41) is 9.39. The number of piperazine rings is 1. The molecule has 160 valence electrons. The van der Waals surface area contributed by atoms with E-state index in [9.17, 15) is 0 Å². The minimum Gasteiger partial charge on any atom is -0.368 e. The van der Waals surface area contributed by atoms with E-state index in [4.69, 9.17) is 11.6 Å². The van der Waals surface area contributed by atoms with Crippen LogP contribution in [0.1, 0.15) is 11.1 Å². The van der Waals surface area contributed by atoms with E-state index in [1.54, 1.807) is 6.33 Å². The highest BCUT2D eigenvalue weighted by Gasteiger charge is 2.24. The monoisotopic (exact) mass is 454 g/mol. The Hall–Kier alpha value is -2.83. The van der Waals surface area contributed by atoms with Crippen molar-refractivity contribution in [2.45, 2.75) is 13.8 Å². The number of fused-ring (bicyclic) bond motifs is 1. The molecule has 2 aromatic carbocycles. The molecule has 0 atom stereocenters. The van der Waals surface area contributed by atoms with Crippen LogP contribution in [0, 0.1) is 13.8 Å². The molecule has 1 N–H and O–H groups in total. The molecule has 0 bridgehead atoms. The Morgan fingerprint density at radius 2 is 1.61 bits per heavy atom. The molecule has 4 aromatic rings. The first-order valence-electron chi connectivity index (χ1n) is 10.1. The SMILES string of the molecule is Cc1ccc(-c2n[nH]c3ncnc(N4CCN(c5cc(Cl)ccc5C)CC4)c23)cc1.Cl. The molecule has 8 heteroatoms. The van der Waals surface area contributed by atoms with Crippen molar-refractivity contribution in [3.63, 3.8) is 0 Å². The van der Waals surface area contributed by atoms with E-state index in [0.29, 0.717) is 0 Å². The van der Waals surface area contributed by atoms with Gasteiger partial charge in [0.25, 0.3) is 0 Å². The summed E-state index contributed by atoms with van der Waals surface area (Å²) < 4.78 is 0. The number of aryl methyl sites for hydroxylation is 2. The topological polar surface area (TPSA) is 60.9 Å². The summed E-state index contributed by atoms with van der Waals surface area (Å²) in [4.78, 5) is 13.8. The highest BCUT2D eigenvalue weighted by atomic mass is 35.5. The second kappa shape index (κ2) is 8.73. The zero-order valence-electron chi connectivity index (χ0n) is 17.5. The van der Waals surface area contributed by atoms with Crippen LogP contribution >= 0.6 is 24.0 Å². The first-order valence-corrected chi connectivity index (χ1v) is 10.5. The Kier molecular flexibility index (Phi) is 6.03. The Morgan fingerprint density at radius 1 is 0.903 bits per heavy atom. The van der Waals surface area contributed by atoms with E-state index in [0.717, 1.165) is 59.3 Å². The first kappa shape index (κ1) is 21.4. The lowest BCUT2D eigenvalue weighted by Gasteiger charge is -2.37. The maximum Gasteiger partial charge on any atom is 0.161 e. The number of nitrogens with zero attached hydrogens (tertiary/aromatic N) is 5. The van der Waals surface area contributed by atoms with Crippen molar-refractivity contribution in [1.29, 1.82) is 0 Å². The summed E-state index contributed by atoms with van der Waals surface area (Å²) in [6, 6.07) is 14.5. The normalized spacial score (nSPS) is 14.0. The third kappa shape index (κ3) is 4.05. The molecule has 2 aromatic heterocycles. The van der Waals surface area contributed by atoms with Crippen LogP contribution < -0.4 is 9.80 Å². The predicted molar refractivity (Wildman–Crippen MR) is 130 cm³/mol. The molecule has 3 heterocycles. The van der Waals surface area contributed by atoms with E-state index in [1.807, 2.05) is 6.07 Å². The number of rotatable bonds is 3. The molecular formula is C23H24Cl2N6. The maximum absolute atomic E-state index is 6.23. The smallest absolute Gasteiger partial charge is 0.161 e. The Morgan fingerprint density at radius 3 is 2.35 bits per heavy atom. The molecular weight excluding hydrogens is 431 g/mol. The van der Waals surface area contributed by atoms with Gasteiger partial charge in [-0.25, -0.2) is 9.97 Å². The molecule has 31 heavy (non-hydrogen) atoms. The number of hydrogen-bond donors (Lipinski definition) is 1. The Labute approximate surface area is 192 Å². The molecule has 0 saturated carbocycles. The van der Waals surface area contributed by atoms with Gasteiger partial charge in [0.2, 0.25) is 0 Å². The van der Waals surface area contributed by atoms with Gasteiger partial charge < -0.3 is 9.80 Å². The lowest BCUT2D eigenvalue weighted by molar-refractivity contribution is 0.648.